The summed E-state index contributed by atoms with van der Waals surface area (Å²) in [5.74, 6) is -3.89. The van der Waals surface area contributed by atoms with Crippen molar-refractivity contribution in [2.24, 2.45) is 0 Å². The lowest BCUT2D eigenvalue weighted by atomic mass is 10.3. The minimum atomic E-state index is -2.29. The maximum absolute atomic E-state index is 11.5. The summed E-state index contributed by atoms with van der Waals surface area (Å²) in [6.45, 7) is 3.65. The molecule has 0 aliphatic heterocycles. The van der Waals surface area contributed by atoms with Crippen molar-refractivity contribution < 1.29 is 34.0 Å². The number of phenols is 1. The molecule has 0 saturated heterocycles. The fourth-order valence-electron chi connectivity index (χ4n) is 1.63. The molecule has 0 heterocycles. The molecule has 0 amide bonds. The maximum Gasteiger partial charge on any atom is 0.432 e. The third kappa shape index (κ3) is 3.99. The number of carboxylic acids is 1. The van der Waals surface area contributed by atoms with Crippen molar-refractivity contribution in [1.29, 1.82) is 0 Å². The zero-order valence-corrected chi connectivity index (χ0v) is 12.3. The van der Waals surface area contributed by atoms with Crippen LogP contribution in [0.25, 0.3) is 0 Å². The molecule has 0 fully saturated rings. The number of methoxy groups -OCH3 is 1. The van der Waals surface area contributed by atoms with Crippen LogP contribution in [0.4, 0.5) is 0 Å². The van der Waals surface area contributed by atoms with E-state index in [1.165, 1.54) is 25.3 Å². The molecular weight excluding hydrogens is 280 g/mol. The lowest BCUT2D eigenvalue weighted by Crippen LogP contribution is -2.50. The van der Waals surface area contributed by atoms with E-state index in [-0.39, 0.29) is 30.5 Å². The molecule has 0 aliphatic carbocycles. The van der Waals surface area contributed by atoms with Crippen LogP contribution in [0.15, 0.2) is 18.2 Å². The standard InChI is InChI=1S/C14H20O7/c1-4-9-20-14(13(16)17,19-5-2)21-11-8-6-7-10(15)12(11)18-3/h6-8,15H,4-5,9H2,1-3H3,(H,16,17). The van der Waals surface area contributed by atoms with Crippen LogP contribution in [0.3, 0.4) is 0 Å². The molecular formula is C14H20O7. The van der Waals surface area contributed by atoms with E-state index in [0.29, 0.717) is 6.42 Å². The van der Waals surface area contributed by atoms with Crippen LogP contribution in [0.2, 0.25) is 0 Å². The van der Waals surface area contributed by atoms with Crippen molar-refractivity contribution in [3.05, 3.63) is 18.2 Å². The number of carbonyl (C=O) groups is 1. The highest BCUT2D eigenvalue weighted by atomic mass is 16.9. The third-order valence-electron chi connectivity index (χ3n) is 2.50. The van der Waals surface area contributed by atoms with Crippen LogP contribution in [-0.4, -0.2) is 42.5 Å². The number of carboxylic acid groups (broad SMARTS) is 1. The molecule has 2 N–H and O–H groups in total. The summed E-state index contributed by atoms with van der Waals surface area (Å²) in [6.07, 6.45) is 0.586. The van der Waals surface area contributed by atoms with E-state index >= 15 is 0 Å². The quantitative estimate of drug-likeness (QED) is 0.673. The highest BCUT2D eigenvalue weighted by Crippen LogP contribution is 2.38. The molecule has 7 heteroatoms. The molecule has 0 aliphatic rings. The first kappa shape index (κ1) is 17.1. The van der Waals surface area contributed by atoms with Gasteiger partial charge in [0.15, 0.2) is 11.5 Å². The van der Waals surface area contributed by atoms with Crippen molar-refractivity contribution in [3.63, 3.8) is 0 Å². The molecule has 1 aromatic carbocycles. The van der Waals surface area contributed by atoms with Gasteiger partial charge in [-0.25, -0.2) is 4.79 Å². The SMILES string of the molecule is CCCOC(OCC)(Oc1cccc(O)c1OC)C(=O)O. The van der Waals surface area contributed by atoms with E-state index in [4.69, 9.17) is 18.9 Å². The number of hydrogen-bond acceptors (Lipinski definition) is 6. The van der Waals surface area contributed by atoms with E-state index in [9.17, 15) is 15.0 Å². The van der Waals surface area contributed by atoms with Crippen LogP contribution in [0.5, 0.6) is 17.2 Å². The Labute approximate surface area is 123 Å². The summed E-state index contributed by atoms with van der Waals surface area (Å²) in [6, 6.07) is 4.33. The van der Waals surface area contributed by atoms with Crippen molar-refractivity contribution in [2.45, 2.75) is 26.2 Å². The van der Waals surface area contributed by atoms with Gasteiger partial charge >= 0.3 is 11.9 Å². The summed E-state index contributed by atoms with van der Waals surface area (Å²) >= 11 is 0. The molecule has 0 saturated carbocycles. The number of benzene rings is 1. The second-order valence-electron chi connectivity index (χ2n) is 4.05. The van der Waals surface area contributed by atoms with E-state index in [2.05, 4.69) is 0 Å². The molecule has 1 unspecified atom stereocenters. The summed E-state index contributed by atoms with van der Waals surface area (Å²) in [4.78, 5) is 11.5. The van der Waals surface area contributed by atoms with Crippen LogP contribution in [-0.2, 0) is 14.3 Å². The number of aliphatic carboxylic acids is 1. The second-order valence-corrected chi connectivity index (χ2v) is 4.05. The first-order valence-electron chi connectivity index (χ1n) is 6.57. The number of aromatic hydroxyl groups is 1. The average Bonchev–Trinajstić information content (AvgIpc) is 2.45. The molecule has 0 bridgehead atoms. The topological polar surface area (TPSA) is 94.5 Å². The summed E-state index contributed by atoms with van der Waals surface area (Å²) < 4.78 is 20.8. The van der Waals surface area contributed by atoms with Crippen LogP contribution in [0, 0.1) is 0 Å². The van der Waals surface area contributed by atoms with E-state index < -0.39 is 11.9 Å². The van der Waals surface area contributed by atoms with Gasteiger partial charge in [0.1, 0.15) is 0 Å². The monoisotopic (exact) mass is 300 g/mol. The third-order valence-corrected chi connectivity index (χ3v) is 2.50. The highest BCUT2D eigenvalue weighted by molar-refractivity contribution is 5.74. The predicted molar refractivity (Wildman–Crippen MR) is 73.5 cm³/mol. The number of phenolic OH excluding ortho intramolecular Hbond substituents is 1. The Bertz CT molecular complexity index is 474. The van der Waals surface area contributed by atoms with Gasteiger partial charge < -0.3 is 29.2 Å². The minimum Gasteiger partial charge on any atom is -0.504 e. The Morgan fingerprint density at radius 2 is 2.00 bits per heavy atom. The second kappa shape index (κ2) is 7.70. The normalized spacial score (nSPS) is 13.5. The van der Waals surface area contributed by atoms with Crippen molar-refractivity contribution >= 4 is 5.97 Å². The average molecular weight is 300 g/mol. The number of ether oxygens (including phenoxy) is 4. The Morgan fingerprint density at radius 3 is 2.52 bits per heavy atom. The van der Waals surface area contributed by atoms with Gasteiger partial charge in [0, 0.05) is 0 Å². The van der Waals surface area contributed by atoms with Crippen molar-refractivity contribution in [3.8, 4) is 17.2 Å². The fourth-order valence-corrected chi connectivity index (χ4v) is 1.63. The number of para-hydroxylation sites is 1. The molecule has 0 radical (unpaired) electrons. The Morgan fingerprint density at radius 1 is 1.29 bits per heavy atom. The van der Waals surface area contributed by atoms with Gasteiger partial charge in [-0.05, 0) is 25.5 Å². The van der Waals surface area contributed by atoms with Gasteiger partial charge in [0.05, 0.1) is 20.3 Å². The highest BCUT2D eigenvalue weighted by Gasteiger charge is 2.45. The number of rotatable bonds is 9. The molecule has 1 atom stereocenters. The zero-order chi connectivity index (χ0) is 15.9. The van der Waals surface area contributed by atoms with Gasteiger partial charge in [-0.1, -0.05) is 13.0 Å². The molecule has 0 aromatic heterocycles. The summed E-state index contributed by atoms with van der Waals surface area (Å²) in [5.41, 5.74) is 0. The number of hydrogen-bond donors (Lipinski definition) is 2. The maximum atomic E-state index is 11.5. The van der Waals surface area contributed by atoms with Crippen LogP contribution < -0.4 is 9.47 Å². The van der Waals surface area contributed by atoms with Gasteiger partial charge in [0.25, 0.3) is 0 Å². The molecule has 21 heavy (non-hydrogen) atoms. The van der Waals surface area contributed by atoms with Gasteiger partial charge in [-0.15, -0.1) is 0 Å². The van der Waals surface area contributed by atoms with Crippen LogP contribution >= 0.6 is 0 Å². The van der Waals surface area contributed by atoms with E-state index in [1.54, 1.807) is 6.92 Å². The fraction of sp³-hybridized carbons (Fsp3) is 0.500. The lowest BCUT2D eigenvalue weighted by Gasteiger charge is -2.29. The minimum absolute atomic E-state index is 0.00271. The molecule has 1 aromatic rings. The largest absolute Gasteiger partial charge is 0.504 e. The first-order chi connectivity index (χ1) is 10.0. The molecule has 0 spiro atoms. The molecule has 118 valence electrons. The summed E-state index contributed by atoms with van der Waals surface area (Å²) in [7, 11) is 1.33. The smallest absolute Gasteiger partial charge is 0.432 e. The van der Waals surface area contributed by atoms with E-state index in [0.717, 1.165) is 0 Å². The van der Waals surface area contributed by atoms with Gasteiger partial charge in [-0.3, -0.25) is 0 Å². The van der Waals surface area contributed by atoms with Gasteiger partial charge in [0.2, 0.25) is 5.75 Å². The van der Waals surface area contributed by atoms with Crippen LogP contribution in [0.1, 0.15) is 20.3 Å². The molecule has 1 rings (SSSR count). The van der Waals surface area contributed by atoms with Crippen molar-refractivity contribution in [1.82, 2.24) is 0 Å². The first-order valence-corrected chi connectivity index (χ1v) is 6.57. The lowest BCUT2D eigenvalue weighted by molar-refractivity contribution is -0.327. The van der Waals surface area contributed by atoms with E-state index in [1.807, 2.05) is 6.92 Å². The molecule has 7 nitrogen and oxygen atoms in total. The van der Waals surface area contributed by atoms with Crippen molar-refractivity contribution in [2.75, 3.05) is 20.3 Å². The van der Waals surface area contributed by atoms with Gasteiger partial charge in [-0.2, -0.15) is 0 Å². The Hall–Kier alpha value is -1.99. The Balaban J connectivity index is 3.16. The predicted octanol–water partition coefficient (Wildman–Crippen LogP) is 1.98. The zero-order valence-electron chi connectivity index (χ0n) is 12.3. The summed E-state index contributed by atoms with van der Waals surface area (Å²) in [5, 5.41) is 19.1. The Kier molecular flexibility index (Phi) is 6.26.